The molecule has 1 heterocycles. The normalized spacial score (nSPS) is 16.9. The third kappa shape index (κ3) is 3.48. The molecule has 1 aromatic rings. The van der Waals surface area contributed by atoms with Crippen LogP contribution >= 0.6 is 0 Å². The number of nitrogens with zero attached hydrogens (tertiary/aromatic N) is 1. The van der Waals surface area contributed by atoms with Crippen LogP contribution in [0.15, 0.2) is 23.1 Å². The minimum Gasteiger partial charge on any atom is -0.469 e. The van der Waals surface area contributed by atoms with E-state index in [-0.39, 0.29) is 11.9 Å². The lowest BCUT2D eigenvalue weighted by atomic mass is 9.99. The number of carbonyl (C=O) groups excluding carboxylic acids is 1. The molecule has 1 unspecified atom stereocenters. The Labute approximate surface area is 131 Å². The molecule has 0 bridgehead atoms. The van der Waals surface area contributed by atoms with Crippen molar-refractivity contribution in [3.63, 3.8) is 0 Å². The summed E-state index contributed by atoms with van der Waals surface area (Å²) in [5.41, 5.74) is 1.87. The highest BCUT2D eigenvalue weighted by molar-refractivity contribution is 7.89. The molecule has 1 aliphatic rings. The molecule has 1 aliphatic heterocycles. The zero-order valence-corrected chi connectivity index (χ0v) is 13.9. The number of hydrogen-bond acceptors (Lipinski definition) is 5. The van der Waals surface area contributed by atoms with Gasteiger partial charge in [-0.25, -0.2) is 13.1 Å². The third-order valence-electron chi connectivity index (χ3n) is 4.00. The van der Waals surface area contributed by atoms with Crippen molar-refractivity contribution in [2.75, 3.05) is 27.2 Å². The summed E-state index contributed by atoms with van der Waals surface area (Å²) in [6.07, 6.45) is 0.653. The smallest absolute Gasteiger partial charge is 0.309 e. The molecule has 0 saturated heterocycles. The molecule has 0 aliphatic carbocycles. The Bertz CT molecular complexity index is 658. The fraction of sp³-hybridized carbons (Fsp3) is 0.533. The average Bonchev–Trinajstić information content (AvgIpc) is 2.53. The van der Waals surface area contributed by atoms with Crippen LogP contribution in [-0.4, -0.2) is 46.5 Å². The van der Waals surface area contributed by atoms with Crippen molar-refractivity contribution < 1.29 is 17.9 Å². The Morgan fingerprint density at radius 3 is 2.82 bits per heavy atom. The fourth-order valence-electron chi connectivity index (χ4n) is 2.81. The number of esters is 1. The molecule has 1 N–H and O–H groups in total. The number of rotatable bonds is 5. The third-order valence-corrected chi connectivity index (χ3v) is 5.49. The molecule has 0 saturated carbocycles. The first kappa shape index (κ1) is 16.9. The van der Waals surface area contributed by atoms with Crippen LogP contribution in [0.5, 0.6) is 0 Å². The van der Waals surface area contributed by atoms with Gasteiger partial charge in [-0.3, -0.25) is 9.69 Å². The summed E-state index contributed by atoms with van der Waals surface area (Å²) in [5, 5.41) is 0. The molecule has 0 spiro atoms. The van der Waals surface area contributed by atoms with Crippen LogP contribution in [0.3, 0.4) is 0 Å². The van der Waals surface area contributed by atoms with Gasteiger partial charge in [-0.1, -0.05) is 19.1 Å². The molecule has 2 rings (SSSR count). The summed E-state index contributed by atoms with van der Waals surface area (Å²) in [6.45, 7) is 3.81. The van der Waals surface area contributed by atoms with Gasteiger partial charge < -0.3 is 4.74 Å². The second-order valence-electron chi connectivity index (χ2n) is 5.51. The lowest BCUT2D eigenvalue weighted by Gasteiger charge is -2.31. The highest BCUT2D eigenvalue weighted by atomic mass is 32.2. The first-order valence-corrected chi connectivity index (χ1v) is 8.72. The van der Waals surface area contributed by atoms with Crippen LogP contribution in [0.2, 0.25) is 0 Å². The SMILES string of the molecule is CNS(=O)(=O)c1cccc2c1CCN(CC(C)C(=O)OC)C2. The number of benzene rings is 1. The first-order chi connectivity index (χ1) is 10.4. The van der Waals surface area contributed by atoms with Crippen LogP contribution in [0.1, 0.15) is 18.1 Å². The van der Waals surface area contributed by atoms with Crippen LogP contribution in [0, 0.1) is 5.92 Å². The van der Waals surface area contributed by atoms with Crippen molar-refractivity contribution >= 4 is 16.0 Å². The molecule has 0 amide bonds. The zero-order chi connectivity index (χ0) is 16.3. The fourth-order valence-corrected chi connectivity index (χ4v) is 3.85. The second-order valence-corrected chi connectivity index (χ2v) is 7.37. The van der Waals surface area contributed by atoms with Gasteiger partial charge in [0.1, 0.15) is 0 Å². The highest BCUT2D eigenvalue weighted by Gasteiger charge is 2.26. The van der Waals surface area contributed by atoms with E-state index in [2.05, 4.69) is 9.62 Å². The van der Waals surface area contributed by atoms with E-state index in [4.69, 9.17) is 4.74 Å². The predicted octanol–water partition coefficient (Wildman–Crippen LogP) is 0.762. The van der Waals surface area contributed by atoms with Gasteiger partial charge in [0.15, 0.2) is 0 Å². The van der Waals surface area contributed by atoms with Gasteiger partial charge in [0.2, 0.25) is 10.0 Å². The molecule has 0 fully saturated rings. The van der Waals surface area contributed by atoms with Crippen molar-refractivity contribution in [2.24, 2.45) is 5.92 Å². The molecule has 122 valence electrons. The molecular weight excluding hydrogens is 304 g/mol. The van der Waals surface area contributed by atoms with E-state index in [1.165, 1.54) is 14.2 Å². The van der Waals surface area contributed by atoms with Crippen molar-refractivity contribution in [1.29, 1.82) is 0 Å². The Morgan fingerprint density at radius 1 is 1.45 bits per heavy atom. The minimum absolute atomic E-state index is 0.198. The quantitative estimate of drug-likeness (QED) is 0.809. The maximum atomic E-state index is 12.1. The van der Waals surface area contributed by atoms with E-state index in [1.54, 1.807) is 12.1 Å². The average molecular weight is 326 g/mol. The van der Waals surface area contributed by atoms with Crippen molar-refractivity contribution in [1.82, 2.24) is 9.62 Å². The Kier molecular flexibility index (Phi) is 5.20. The number of ether oxygens (including phenoxy) is 1. The topological polar surface area (TPSA) is 75.7 Å². The molecule has 22 heavy (non-hydrogen) atoms. The van der Waals surface area contributed by atoms with E-state index in [0.29, 0.717) is 24.4 Å². The highest BCUT2D eigenvalue weighted by Crippen LogP contribution is 2.26. The molecule has 1 atom stereocenters. The number of carbonyl (C=O) groups is 1. The standard InChI is InChI=1S/C15H22N2O4S/c1-11(15(18)21-3)9-17-8-7-13-12(10-17)5-4-6-14(13)22(19,20)16-2/h4-6,11,16H,7-10H2,1-3H3. The second kappa shape index (κ2) is 6.76. The lowest BCUT2D eigenvalue weighted by molar-refractivity contribution is -0.145. The van der Waals surface area contributed by atoms with Gasteiger partial charge in [-0.05, 0) is 30.7 Å². The Hall–Kier alpha value is -1.44. The molecule has 1 aromatic carbocycles. The summed E-state index contributed by atoms with van der Waals surface area (Å²) >= 11 is 0. The van der Waals surface area contributed by atoms with Gasteiger partial charge in [0, 0.05) is 19.6 Å². The predicted molar refractivity (Wildman–Crippen MR) is 82.8 cm³/mol. The first-order valence-electron chi connectivity index (χ1n) is 7.23. The summed E-state index contributed by atoms with van der Waals surface area (Å²) in [6, 6.07) is 5.34. The van der Waals surface area contributed by atoms with E-state index in [1.807, 2.05) is 13.0 Å². The maximum absolute atomic E-state index is 12.1. The Balaban J connectivity index is 2.19. The van der Waals surface area contributed by atoms with E-state index < -0.39 is 10.0 Å². The number of sulfonamides is 1. The monoisotopic (exact) mass is 326 g/mol. The van der Waals surface area contributed by atoms with Gasteiger partial charge >= 0.3 is 5.97 Å². The molecule has 6 nitrogen and oxygen atoms in total. The molecule has 7 heteroatoms. The lowest BCUT2D eigenvalue weighted by Crippen LogP contribution is -2.37. The van der Waals surface area contributed by atoms with Crippen molar-refractivity contribution in [3.8, 4) is 0 Å². The summed E-state index contributed by atoms with van der Waals surface area (Å²) in [4.78, 5) is 14.0. The number of nitrogens with one attached hydrogen (secondary N) is 1. The van der Waals surface area contributed by atoms with Gasteiger partial charge in [0.05, 0.1) is 17.9 Å². The minimum atomic E-state index is -3.44. The summed E-state index contributed by atoms with van der Waals surface area (Å²) < 4.78 is 31.3. The summed E-state index contributed by atoms with van der Waals surface area (Å²) in [5.74, 6) is -0.423. The van der Waals surface area contributed by atoms with Crippen LogP contribution in [0.25, 0.3) is 0 Å². The van der Waals surface area contributed by atoms with Gasteiger partial charge in [0.25, 0.3) is 0 Å². The van der Waals surface area contributed by atoms with E-state index in [9.17, 15) is 13.2 Å². The zero-order valence-electron chi connectivity index (χ0n) is 13.1. The van der Waals surface area contributed by atoms with Crippen LogP contribution in [-0.2, 0) is 32.5 Å². The van der Waals surface area contributed by atoms with Gasteiger partial charge in [-0.15, -0.1) is 0 Å². The number of hydrogen-bond donors (Lipinski definition) is 1. The maximum Gasteiger partial charge on any atom is 0.309 e. The van der Waals surface area contributed by atoms with Gasteiger partial charge in [-0.2, -0.15) is 0 Å². The van der Waals surface area contributed by atoms with Crippen molar-refractivity contribution in [2.45, 2.75) is 24.8 Å². The number of fused-ring (bicyclic) bond motifs is 1. The molecule has 0 radical (unpaired) electrons. The van der Waals surface area contributed by atoms with Crippen molar-refractivity contribution in [3.05, 3.63) is 29.3 Å². The van der Waals surface area contributed by atoms with Crippen LogP contribution < -0.4 is 4.72 Å². The van der Waals surface area contributed by atoms with E-state index in [0.717, 1.165) is 17.7 Å². The van der Waals surface area contributed by atoms with Crippen LogP contribution in [0.4, 0.5) is 0 Å². The molecule has 0 aromatic heterocycles. The largest absolute Gasteiger partial charge is 0.469 e. The Morgan fingerprint density at radius 2 is 2.18 bits per heavy atom. The van der Waals surface area contributed by atoms with E-state index >= 15 is 0 Å². The summed E-state index contributed by atoms with van der Waals surface area (Å²) in [7, 11) is -0.634. The number of methoxy groups -OCH3 is 1. The molecular formula is C15H22N2O4S.